The van der Waals surface area contributed by atoms with Crippen LogP contribution < -0.4 is 21.7 Å². The second kappa shape index (κ2) is 16.9. The Morgan fingerprint density at radius 2 is 1.54 bits per heavy atom. The largest absolute Gasteiger partial charge is 0.397 e. The first-order chi connectivity index (χ1) is 23.2. The van der Waals surface area contributed by atoms with Crippen molar-refractivity contribution in [2.45, 2.75) is 62.6 Å². The molecule has 0 aliphatic carbocycles. The molecular weight excluding hydrogens is 628 g/mol. The smallest absolute Gasteiger partial charge is 0.224 e. The van der Waals surface area contributed by atoms with Crippen molar-refractivity contribution >= 4 is 52.2 Å². The maximum Gasteiger partial charge on any atom is 0.224 e. The monoisotopic (exact) mass is 668 g/mol. The Morgan fingerprint density at radius 3 is 2.25 bits per heavy atom. The minimum atomic E-state index is -0.681. The lowest BCUT2D eigenvalue weighted by atomic mass is 10.0. The first-order valence-electron chi connectivity index (χ1n) is 15.8. The number of nitrogen functional groups attached to an aromatic ring is 1. The number of hydrogen-bond donors (Lipinski definition) is 5. The minimum Gasteiger partial charge on any atom is -0.397 e. The van der Waals surface area contributed by atoms with Crippen LogP contribution in [0.25, 0.3) is 0 Å². The number of hydrogen-bond acceptors (Lipinski definition) is 8. The summed E-state index contributed by atoms with van der Waals surface area (Å²) < 4.78 is 12.9. The summed E-state index contributed by atoms with van der Waals surface area (Å²) in [4.78, 5) is 37.5. The number of nitrogens with one attached hydrogen (secondary N) is 3. The Morgan fingerprint density at radius 1 is 0.812 bits per heavy atom. The van der Waals surface area contributed by atoms with E-state index in [2.05, 4.69) is 16.0 Å². The summed E-state index contributed by atoms with van der Waals surface area (Å²) in [5, 5.41) is 18.0. The molecule has 10 nitrogen and oxygen atoms in total. The molecule has 1 aliphatic rings. The lowest BCUT2D eigenvalue weighted by molar-refractivity contribution is -0.245. The predicted molar refractivity (Wildman–Crippen MR) is 188 cm³/mol. The zero-order valence-corrected chi connectivity index (χ0v) is 27.5. The van der Waals surface area contributed by atoms with E-state index in [0.717, 1.165) is 27.3 Å². The van der Waals surface area contributed by atoms with Crippen LogP contribution in [0.3, 0.4) is 0 Å². The number of aliphatic hydroxyl groups is 1. The lowest BCUT2D eigenvalue weighted by Crippen LogP contribution is -2.31. The number of anilines is 4. The second-order valence-corrected chi connectivity index (χ2v) is 12.6. The minimum absolute atomic E-state index is 0.0357. The Bertz CT molecular complexity index is 1700. The number of thioether (sulfide) groups is 1. The van der Waals surface area contributed by atoms with Gasteiger partial charge in [-0.1, -0.05) is 48.5 Å². The van der Waals surface area contributed by atoms with Gasteiger partial charge in [0.1, 0.15) is 0 Å². The summed E-state index contributed by atoms with van der Waals surface area (Å²) in [7, 11) is 0. The van der Waals surface area contributed by atoms with E-state index >= 15 is 0 Å². The molecule has 1 saturated heterocycles. The van der Waals surface area contributed by atoms with Gasteiger partial charge >= 0.3 is 0 Å². The van der Waals surface area contributed by atoms with Gasteiger partial charge in [-0.15, -0.1) is 11.8 Å². The Balaban J connectivity index is 1.20. The molecule has 6 N–H and O–H groups in total. The van der Waals surface area contributed by atoms with Crippen LogP contribution in [0, 0.1) is 0 Å². The van der Waals surface area contributed by atoms with Gasteiger partial charge in [0, 0.05) is 53.8 Å². The molecule has 5 rings (SSSR count). The van der Waals surface area contributed by atoms with Crippen LogP contribution in [0.1, 0.15) is 61.7 Å². The molecule has 0 unspecified atom stereocenters. The zero-order valence-electron chi connectivity index (χ0n) is 26.7. The summed E-state index contributed by atoms with van der Waals surface area (Å²) in [5.41, 5.74) is 10.8. The van der Waals surface area contributed by atoms with Crippen molar-refractivity contribution in [3.05, 3.63) is 114 Å². The van der Waals surface area contributed by atoms with E-state index in [0.29, 0.717) is 35.7 Å². The molecule has 11 heteroatoms. The predicted octanol–water partition coefficient (Wildman–Crippen LogP) is 6.80. The highest BCUT2D eigenvalue weighted by Gasteiger charge is 2.32. The summed E-state index contributed by atoms with van der Waals surface area (Å²) >= 11 is 1.66. The lowest BCUT2D eigenvalue weighted by Gasteiger charge is -2.36. The highest BCUT2D eigenvalue weighted by Crippen LogP contribution is 2.40. The molecule has 0 radical (unpaired) electrons. The number of carbonyl (C=O) groups is 3. The maximum atomic E-state index is 12.8. The van der Waals surface area contributed by atoms with Crippen LogP contribution in [-0.4, -0.2) is 34.7 Å². The van der Waals surface area contributed by atoms with Gasteiger partial charge in [-0.2, -0.15) is 0 Å². The van der Waals surface area contributed by atoms with E-state index in [1.165, 1.54) is 6.92 Å². The fourth-order valence-corrected chi connectivity index (χ4v) is 6.19. The molecule has 250 valence electrons. The van der Waals surface area contributed by atoms with Crippen LogP contribution in [0.5, 0.6) is 0 Å². The van der Waals surface area contributed by atoms with Gasteiger partial charge in [0.25, 0.3) is 0 Å². The van der Waals surface area contributed by atoms with Crippen LogP contribution in [0.4, 0.5) is 22.7 Å². The average molecular weight is 669 g/mol. The number of rotatable bonds is 13. The van der Waals surface area contributed by atoms with Crippen LogP contribution in [-0.2, 0) is 30.5 Å². The van der Waals surface area contributed by atoms with E-state index in [1.807, 2.05) is 66.7 Å². The van der Waals surface area contributed by atoms with Gasteiger partial charge in [-0.25, -0.2) is 0 Å². The number of ether oxygens (including phenoxy) is 2. The van der Waals surface area contributed by atoms with Crippen molar-refractivity contribution in [2.75, 3.05) is 27.4 Å². The molecule has 0 saturated carbocycles. The average Bonchev–Trinajstić information content (AvgIpc) is 3.09. The molecule has 48 heavy (non-hydrogen) atoms. The van der Waals surface area contributed by atoms with E-state index in [4.69, 9.17) is 15.2 Å². The van der Waals surface area contributed by atoms with Crippen molar-refractivity contribution in [2.24, 2.45) is 0 Å². The van der Waals surface area contributed by atoms with Crippen molar-refractivity contribution in [1.82, 2.24) is 0 Å². The fraction of sp³-hybridized carbons (Fsp3) is 0.270. The number of carbonyl (C=O) groups excluding carboxylic acids is 3. The number of para-hydroxylation sites is 2. The van der Waals surface area contributed by atoms with Crippen molar-refractivity contribution in [3.8, 4) is 0 Å². The quantitative estimate of drug-likeness (QED) is 0.0770. The molecule has 0 bridgehead atoms. The first kappa shape index (κ1) is 34.6. The number of aliphatic hydroxyl groups excluding tert-OH is 1. The van der Waals surface area contributed by atoms with Gasteiger partial charge in [0.2, 0.25) is 17.7 Å². The van der Waals surface area contributed by atoms with Crippen LogP contribution in [0.15, 0.2) is 102 Å². The SMILES string of the molecule is CC(=O)Nc1ccc(SC[C@@H]2C[C@H](c3ccc(CO)cc3)O[C@H](c3cccc(NC(=O)CCCC(=O)Nc4ccccc4N)c3)O2)cc1. The van der Waals surface area contributed by atoms with E-state index < -0.39 is 6.29 Å². The highest BCUT2D eigenvalue weighted by atomic mass is 32.2. The number of benzene rings is 4. The normalized spacial score (nSPS) is 17.3. The Labute approximate surface area is 284 Å². The third-order valence-electron chi connectivity index (χ3n) is 7.71. The molecule has 0 aromatic heterocycles. The third-order valence-corrected chi connectivity index (χ3v) is 8.85. The van der Waals surface area contributed by atoms with E-state index in [9.17, 15) is 19.5 Å². The molecular formula is C37H40N4O6S. The van der Waals surface area contributed by atoms with Gasteiger partial charge in [0.15, 0.2) is 6.29 Å². The fourth-order valence-electron chi connectivity index (χ4n) is 5.27. The molecule has 3 amide bonds. The molecule has 1 fully saturated rings. The number of nitrogens with two attached hydrogens (primary N) is 1. The summed E-state index contributed by atoms with van der Waals surface area (Å²) in [5.74, 6) is 0.148. The van der Waals surface area contributed by atoms with E-state index in [1.54, 1.807) is 42.1 Å². The summed E-state index contributed by atoms with van der Waals surface area (Å²) in [6, 6.07) is 29.8. The van der Waals surface area contributed by atoms with E-state index in [-0.39, 0.29) is 49.4 Å². The highest BCUT2D eigenvalue weighted by molar-refractivity contribution is 7.99. The van der Waals surface area contributed by atoms with Gasteiger partial charge < -0.3 is 36.3 Å². The molecule has 3 atom stereocenters. The van der Waals surface area contributed by atoms with Crippen LogP contribution >= 0.6 is 11.8 Å². The Kier molecular flexibility index (Phi) is 12.2. The number of amides is 3. The zero-order chi connectivity index (χ0) is 33.9. The van der Waals surface area contributed by atoms with Gasteiger partial charge in [-0.3, -0.25) is 14.4 Å². The first-order valence-corrected chi connectivity index (χ1v) is 16.8. The van der Waals surface area contributed by atoms with Crippen molar-refractivity contribution in [1.29, 1.82) is 0 Å². The summed E-state index contributed by atoms with van der Waals surface area (Å²) in [6.45, 7) is 1.44. The van der Waals surface area contributed by atoms with Crippen molar-refractivity contribution < 1.29 is 29.0 Å². The topological polar surface area (TPSA) is 152 Å². The van der Waals surface area contributed by atoms with Gasteiger partial charge in [-0.05, 0) is 66.1 Å². The molecule has 4 aromatic rings. The second-order valence-electron chi connectivity index (χ2n) is 11.5. The molecule has 0 spiro atoms. The molecule has 1 aliphatic heterocycles. The summed E-state index contributed by atoms with van der Waals surface area (Å²) in [6.07, 6.45) is 0.292. The van der Waals surface area contributed by atoms with Crippen LogP contribution in [0.2, 0.25) is 0 Å². The standard InChI is InChI=1S/C37H40N4O6S/c1-24(43)39-28-16-18-31(19-17-28)48-23-30-21-34(26-14-12-25(22-42)13-15-26)47-37(46-30)27-6-4-7-29(20-27)40-35(44)10-5-11-36(45)41-33-9-3-2-8-32(33)38/h2-4,6-9,12-20,30,34,37,42H,5,10-11,21-23,38H2,1H3,(H,39,43)(H,40,44)(H,41,45)/t30-,34+,37+/m0/s1. The third kappa shape index (κ3) is 10.2. The Hall–Kier alpha value is -4.68. The van der Waals surface area contributed by atoms with Gasteiger partial charge in [0.05, 0.1) is 30.2 Å². The molecule has 1 heterocycles. The maximum absolute atomic E-state index is 12.8. The van der Waals surface area contributed by atoms with Crippen molar-refractivity contribution in [3.63, 3.8) is 0 Å². The molecule has 4 aromatic carbocycles.